The Morgan fingerprint density at radius 3 is 2.80 bits per heavy atom. The fraction of sp³-hybridized carbons (Fsp3) is 0.600. The Bertz CT molecular complexity index is 171. The van der Waals surface area contributed by atoms with Crippen molar-refractivity contribution in [2.24, 2.45) is 0 Å². The lowest BCUT2D eigenvalue weighted by Crippen LogP contribution is -2.48. The van der Waals surface area contributed by atoms with Crippen LogP contribution in [-0.2, 0) is 4.79 Å². The van der Waals surface area contributed by atoms with Crippen molar-refractivity contribution in [3.8, 4) is 0 Å². The minimum absolute atomic E-state index is 0.206. The van der Waals surface area contributed by atoms with Crippen molar-refractivity contribution in [2.45, 2.75) is 6.42 Å². The molecule has 56 valence electrons. The zero-order valence-electron chi connectivity index (χ0n) is 5.33. The summed E-state index contributed by atoms with van der Waals surface area (Å²) >= 11 is 3.91. The van der Waals surface area contributed by atoms with Crippen molar-refractivity contribution in [3.63, 3.8) is 0 Å². The normalized spacial score (nSPS) is 19.1. The maximum atomic E-state index is 10.8. The fourth-order valence-electron chi connectivity index (χ4n) is 0.734. The van der Waals surface area contributed by atoms with E-state index in [9.17, 15) is 9.59 Å². The van der Waals surface area contributed by atoms with Crippen molar-refractivity contribution in [2.75, 3.05) is 12.4 Å². The zero-order valence-corrected chi connectivity index (χ0v) is 6.23. The first-order valence-corrected chi connectivity index (χ1v) is 3.57. The van der Waals surface area contributed by atoms with Crippen LogP contribution in [0, 0.1) is 0 Å². The molecule has 0 atom stereocenters. The van der Waals surface area contributed by atoms with Gasteiger partial charge < -0.3 is 4.90 Å². The second kappa shape index (κ2) is 2.92. The molecule has 0 aromatic carbocycles. The molecule has 1 saturated heterocycles. The van der Waals surface area contributed by atoms with Crippen molar-refractivity contribution in [1.29, 1.82) is 0 Å². The number of imide groups is 1. The van der Waals surface area contributed by atoms with Gasteiger partial charge in [0, 0.05) is 13.0 Å². The zero-order chi connectivity index (χ0) is 7.56. The second-order valence-corrected chi connectivity index (χ2v) is 2.29. The number of carbonyl (C=O) groups is 2. The smallest absolute Gasteiger partial charge is 0.315 e. The number of amides is 3. The summed E-state index contributed by atoms with van der Waals surface area (Å²) in [6.07, 6.45) is 0.381. The van der Waals surface area contributed by atoms with Gasteiger partial charge in [0.1, 0.15) is 0 Å². The van der Waals surface area contributed by atoms with E-state index in [1.54, 1.807) is 0 Å². The molecule has 0 aromatic rings. The molecule has 0 radical (unpaired) electrons. The van der Waals surface area contributed by atoms with Gasteiger partial charge in [-0.2, -0.15) is 12.6 Å². The third kappa shape index (κ3) is 1.41. The van der Waals surface area contributed by atoms with Crippen LogP contribution in [0.2, 0.25) is 0 Å². The van der Waals surface area contributed by atoms with Gasteiger partial charge in [-0.3, -0.25) is 10.1 Å². The Balaban J connectivity index is 2.51. The number of hydrogen-bond donors (Lipinski definition) is 2. The molecular weight excluding hydrogens is 152 g/mol. The first-order valence-electron chi connectivity index (χ1n) is 2.93. The highest BCUT2D eigenvalue weighted by Crippen LogP contribution is 2.00. The maximum Gasteiger partial charge on any atom is 0.324 e. The Morgan fingerprint density at radius 2 is 2.30 bits per heavy atom. The standard InChI is InChI=1S/C5H8N2O2S/c8-4-1-2-7(3-10)5(9)6-4/h10H,1-3H2,(H,6,8,9). The predicted octanol–water partition coefficient (Wildman–Crippen LogP) is -0.184. The molecule has 0 bridgehead atoms. The molecule has 3 amide bonds. The first kappa shape index (κ1) is 7.40. The van der Waals surface area contributed by atoms with E-state index < -0.39 is 0 Å². The van der Waals surface area contributed by atoms with E-state index in [2.05, 4.69) is 17.9 Å². The summed E-state index contributed by atoms with van der Waals surface area (Å²) in [7, 11) is 0. The SMILES string of the molecule is O=C1CCN(CS)C(=O)N1. The average Bonchev–Trinajstić information content (AvgIpc) is 1.88. The number of carbonyl (C=O) groups excluding carboxylic acids is 2. The van der Waals surface area contributed by atoms with Crippen molar-refractivity contribution in [3.05, 3.63) is 0 Å². The summed E-state index contributed by atoms with van der Waals surface area (Å²) in [5.41, 5.74) is 0. The van der Waals surface area contributed by atoms with E-state index in [1.807, 2.05) is 0 Å². The Labute approximate surface area is 64.0 Å². The minimum atomic E-state index is -0.341. The largest absolute Gasteiger partial charge is 0.324 e. The van der Waals surface area contributed by atoms with E-state index in [0.29, 0.717) is 18.8 Å². The molecule has 10 heavy (non-hydrogen) atoms. The van der Waals surface area contributed by atoms with Gasteiger partial charge in [-0.1, -0.05) is 0 Å². The van der Waals surface area contributed by atoms with Crippen molar-refractivity contribution < 1.29 is 9.59 Å². The molecule has 0 spiro atoms. The number of urea groups is 1. The van der Waals surface area contributed by atoms with Crippen LogP contribution in [0.4, 0.5) is 4.79 Å². The lowest BCUT2D eigenvalue weighted by atomic mass is 10.3. The van der Waals surface area contributed by atoms with Gasteiger partial charge in [-0.25, -0.2) is 4.79 Å². The molecule has 0 saturated carbocycles. The van der Waals surface area contributed by atoms with E-state index in [0.717, 1.165) is 0 Å². The van der Waals surface area contributed by atoms with Crippen LogP contribution in [0.1, 0.15) is 6.42 Å². The van der Waals surface area contributed by atoms with Crippen LogP contribution in [0.25, 0.3) is 0 Å². The average molecular weight is 160 g/mol. The van der Waals surface area contributed by atoms with E-state index in [-0.39, 0.29) is 11.9 Å². The highest BCUT2D eigenvalue weighted by molar-refractivity contribution is 7.80. The Kier molecular flexibility index (Phi) is 2.16. The molecule has 1 N–H and O–H groups in total. The van der Waals surface area contributed by atoms with Gasteiger partial charge in [0.15, 0.2) is 0 Å². The Morgan fingerprint density at radius 1 is 1.60 bits per heavy atom. The third-order valence-corrected chi connectivity index (χ3v) is 1.65. The predicted molar refractivity (Wildman–Crippen MR) is 38.7 cm³/mol. The van der Waals surface area contributed by atoms with Gasteiger partial charge in [0.25, 0.3) is 0 Å². The quantitative estimate of drug-likeness (QED) is 0.523. The van der Waals surface area contributed by atoms with Gasteiger partial charge in [0.2, 0.25) is 5.91 Å². The lowest BCUT2D eigenvalue weighted by Gasteiger charge is -2.24. The summed E-state index contributed by atoms with van der Waals surface area (Å²) in [5, 5.41) is 2.18. The second-order valence-electron chi connectivity index (χ2n) is 2.01. The number of nitrogens with zero attached hydrogens (tertiary/aromatic N) is 1. The van der Waals surface area contributed by atoms with Crippen LogP contribution in [0.5, 0.6) is 0 Å². The molecule has 1 rings (SSSR count). The molecule has 1 fully saturated rings. The molecule has 5 heteroatoms. The molecule has 0 aliphatic carbocycles. The van der Waals surface area contributed by atoms with Crippen LogP contribution in [0.15, 0.2) is 0 Å². The summed E-state index contributed by atoms with van der Waals surface area (Å²) in [6, 6.07) is -0.341. The van der Waals surface area contributed by atoms with Crippen LogP contribution in [-0.4, -0.2) is 29.3 Å². The molecule has 4 nitrogen and oxygen atoms in total. The Hall–Kier alpha value is -0.710. The number of nitrogens with one attached hydrogen (secondary N) is 1. The van der Waals surface area contributed by atoms with Crippen molar-refractivity contribution >= 4 is 24.6 Å². The minimum Gasteiger partial charge on any atom is -0.315 e. The number of hydrogen-bond acceptors (Lipinski definition) is 3. The number of thiol groups is 1. The highest BCUT2D eigenvalue weighted by atomic mass is 32.1. The summed E-state index contributed by atoms with van der Waals surface area (Å²) in [5.74, 6) is 0.155. The monoisotopic (exact) mass is 160 g/mol. The molecule has 1 aliphatic rings. The molecule has 1 aliphatic heterocycles. The van der Waals surface area contributed by atoms with Gasteiger partial charge in [-0.15, -0.1) is 0 Å². The summed E-state index contributed by atoms with van der Waals surface area (Å²) in [6.45, 7) is 0.480. The van der Waals surface area contributed by atoms with Gasteiger partial charge >= 0.3 is 6.03 Å². The summed E-state index contributed by atoms with van der Waals surface area (Å²) in [4.78, 5) is 22.8. The van der Waals surface area contributed by atoms with Gasteiger partial charge in [-0.05, 0) is 0 Å². The molecular formula is C5H8N2O2S. The summed E-state index contributed by atoms with van der Waals surface area (Å²) < 4.78 is 0. The maximum absolute atomic E-state index is 10.8. The topological polar surface area (TPSA) is 49.4 Å². The van der Waals surface area contributed by atoms with Crippen LogP contribution in [0.3, 0.4) is 0 Å². The van der Waals surface area contributed by atoms with E-state index in [4.69, 9.17) is 0 Å². The molecule has 0 aromatic heterocycles. The molecule has 1 heterocycles. The number of rotatable bonds is 1. The fourth-order valence-corrected chi connectivity index (χ4v) is 1.00. The van der Waals surface area contributed by atoms with Crippen LogP contribution < -0.4 is 5.32 Å². The lowest BCUT2D eigenvalue weighted by molar-refractivity contribution is -0.121. The molecule has 0 unspecified atom stereocenters. The highest BCUT2D eigenvalue weighted by Gasteiger charge is 2.20. The van der Waals surface area contributed by atoms with Gasteiger partial charge in [0.05, 0.1) is 5.88 Å². The van der Waals surface area contributed by atoms with Crippen molar-refractivity contribution in [1.82, 2.24) is 10.2 Å². The van der Waals surface area contributed by atoms with E-state index in [1.165, 1.54) is 4.90 Å². The van der Waals surface area contributed by atoms with Crippen LogP contribution >= 0.6 is 12.6 Å². The first-order chi connectivity index (χ1) is 4.74. The van der Waals surface area contributed by atoms with E-state index >= 15 is 0 Å². The third-order valence-electron chi connectivity index (χ3n) is 1.31.